The number of likely N-dealkylation sites (tertiary alicyclic amines) is 1. The van der Waals surface area contributed by atoms with Crippen molar-refractivity contribution in [2.45, 2.75) is 51.9 Å². The maximum Gasteiger partial charge on any atom is 0.223 e. The summed E-state index contributed by atoms with van der Waals surface area (Å²) in [7, 11) is 0. The highest BCUT2D eigenvalue weighted by molar-refractivity contribution is 5.77. The number of benzene rings is 1. The maximum absolute atomic E-state index is 12.5. The Balaban J connectivity index is 1.93. The van der Waals surface area contributed by atoms with Crippen LogP contribution in [0.4, 0.5) is 0 Å². The van der Waals surface area contributed by atoms with E-state index in [2.05, 4.69) is 45.0 Å². The molecular weight excluding hydrogens is 274 g/mol. The van der Waals surface area contributed by atoms with Gasteiger partial charge < -0.3 is 10.0 Å². The lowest BCUT2D eigenvalue weighted by molar-refractivity contribution is -0.133. The van der Waals surface area contributed by atoms with Gasteiger partial charge in [-0.15, -0.1) is 0 Å². The van der Waals surface area contributed by atoms with Gasteiger partial charge in [0.15, 0.2) is 0 Å². The number of rotatable bonds is 5. The maximum atomic E-state index is 12.5. The quantitative estimate of drug-likeness (QED) is 0.904. The molecule has 1 heterocycles. The third kappa shape index (κ3) is 4.33. The molecule has 1 amide bonds. The zero-order valence-electron chi connectivity index (χ0n) is 14.1. The highest BCUT2D eigenvalue weighted by Gasteiger charge is 2.24. The van der Waals surface area contributed by atoms with Gasteiger partial charge in [-0.1, -0.05) is 45.0 Å². The molecule has 1 aliphatic heterocycles. The molecule has 0 saturated carbocycles. The average Bonchev–Trinajstić information content (AvgIpc) is 2.54. The van der Waals surface area contributed by atoms with E-state index < -0.39 is 0 Å². The van der Waals surface area contributed by atoms with Crippen LogP contribution in [0.1, 0.15) is 63.0 Å². The lowest BCUT2D eigenvalue weighted by atomic mass is 9.93. The zero-order valence-corrected chi connectivity index (χ0v) is 14.1. The third-order valence-corrected chi connectivity index (χ3v) is 4.78. The Labute approximate surface area is 134 Å². The summed E-state index contributed by atoms with van der Waals surface area (Å²) >= 11 is 0. The minimum absolute atomic E-state index is 0.190. The van der Waals surface area contributed by atoms with Crippen LogP contribution in [0, 0.1) is 5.92 Å². The molecular formula is C19H29NO2. The van der Waals surface area contributed by atoms with Crippen molar-refractivity contribution in [1.29, 1.82) is 0 Å². The standard InChI is InChI=1S/C19H29NO2/c1-14(2)17-6-8-18(9-7-17)15(3)11-19(22)20-10-4-5-16(12-20)13-21/h6-9,14-16,21H,4-5,10-13H2,1-3H3. The number of hydrogen-bond donors (Lipinski definition) is 1. The molecule has 0 aromatic heterocycles. The van der Waals surface area contributed by atoms with E-state index in [0.29, 0.717) is 18.9 Å². The molecule has 1 aliphatic rings. The molecule has 1 aromatic rings. The fraction of sp³-hybridized carbons (Fsp3) is 0.632. The van der Waals surface area contributed by atoms with Crippen LogP contribution in [0.15, 0.2) is 24.3 Å². The molecule has 1 saturated heterocycles. The van der Waals surface area contributed by atoms with Gasteiger partial charge in [-0.25, -0.2) is 0 Å². The van der Waals surface area contributed by atoms with Crippen LogP contribution in [-0.4, -0.2) is 35.6 Å². The Hall–Kier alpha value is -1.35. The molecule has 3 heteroatoms. The number of carbonyl (C=O) groups excluding carboxylic acids is 1. The van der Waals surface area contributed by atoms with Gasteiger partial charge in [-0.05, 0) is 41.7 Å². The van der Waals surface area contributed by atoms with Gasteiger partial charge in [-0.3, -0.25) is 4.79 Å². The van der Waals surface area contributed by atoms with Gasteiger partial charge >= 0.3 is 0 Å². The molecule has 1 aromatic carbocycles. The number of nitrogens with zero attached hydrogens (tertiary/aromatic N) is 1. The average molecular weight is 303 g/mol. The highest BCUT2D eigenvalue weighted by atomic mass is 16.3. The summed E-state index contributed by atoms with van der Waals surface area (Å²) < 4.78 is 0. The van der Waals surface area contributed by atoms with E-state index in [9.17, 15) is 9.90 Å². The van der Waals surface area contributed by atoms with Crippen molar-refractivity contribution in [3.05, 3.63) is 35.4 Å². The first-order valence-electron chi connectivity index (χ1n) is 8.49. The van der Waals surface area contributed by atoms with Crippen LogP contribution in [0.2, 0.25) is 0 Å². The van der Waals surface area contributed by atoms with Gasteiger partial charge in [0.2, 0.25) is 5.91 Å². The normalized spacial score (nSPS) is 20.2. The molecule has 2 rings (SSSR count). The van der Waals surface area contributed by atoms with Crippen LogP contribution in [-0.2, 0) is 4.79 Å². The van der Waals surface area contributed by atoms with Crippen molar-refractivity contribution in [2.75, 3.05) is 19.7 Å². The molecule has 2 unspecified atom stereocenters. The minimum atomic E-state index is 0.190. The SMILES string of the molecule is CC(C)c1ccc(C(C)CC(=O)N2CCCC(CO)C2)cc1. The van der Waals surface area contributed by atoms with Crippen molar-refractivity contribution in [3.8, 4) is 0 Å². The predicted octanol–water partition coefficient (Wildman–Crippen LogP) is 3.53. The molecule has 0 aliphatic carbocycles. The molecule has 0 spiro atoms. The van der Waals surface area contributed by atoms with Crippen LogP contribution < -0.4 is 0 Å². The summed E-state index contributed by atoms with van der Waals surface area (Å²) in [6.07, 6.45) is 2.60. The molecule has 0 bridgehead atoms. The number of aliphatic hydroxyl groups is 1. The number of carbonyl (C=O) groups is 1. The molecule has 0 radical (unpaired) electrons. The number of piperidine rings is 1. The van der Waals surface area contributed by atoms with E-state index in [1.807, 2.05) is 4.90 Å². The third-order valence-electron chi connectivity index (χ3n) is 4.78. The monoisotopic (exact) mass is 303 g/mol. The largest absolute Gasteiger partial charge is 0.396 e. The van der Waals surface area contributed by atoms with E-state index in [1.165, 1.54) is 11.1 Å². The number of amides is 1. The second kappa shape index (κ2) is 7.77. The first-order chi connectivity index (χ1) is 10.5. The van der Waals surface area contributed by atoms with Crippen molar-refractivity contribution >= 4 is 5.91 Å². The summed E-state index contributed by atoms with van der Waals surface area (Å²) in [6.45, 7) is 8.25. The Morgan fingerprint density at radius 2 is 1.86 bits per heavy atom. The van der Waals surface area contributed by atoms with Gasteiger partial charge in [0.05, 0.1) is 0 Å². The smallest absolute Gasteiger partial charge is 0.223 e. The van der Waals surface area contributed by atoms with Crippen LogP contribution in [0.5, 0.6) is 0 Å². The number of hydrogen-bond acceptors (Lipinski definition) is 2. The minimum Gasteiger partial charge on any atom is -0.396 e. The second-order valence-electron chi connectivity index (χ2n) is 6.96. The van der Waals surface area contributed by atoms with Gasteiger partial charge in [-0.2, -0.15) is 0 Å². The fourth-order valence-electron chi connectivity index (χ4n) is 3.16. The van der Waals surface area contributed by atoms with E-state index in [4.69, 9.17) is 0 Å². The van der Waals surface area contributed by atoms with E-state index in [0.717, 1.165) is 19.4 Å². The first-order valence-corrected chi connectivity index (χ1v) is 8.49. The lowest BCUT2D eigenvalue weighted by Crippen LogP contribution is -2.41. The summed E-state index contributed by atoms with van der Waals surface area (Å²) in [5, 5.41) is 9.28. The van der Waals surface area contributed by atoms with E-state index >= 15 is 0 Å². The fourth-order valence-corrected chi connectivity index (χ4v) is 3.16. The summed E-state index contributed by atoms with van der Waals surface area (Å²) in [5.74, 6) is 1.26. The lowest BCUT2D eigenvalue weighted by Gasteiger charge is -2.32. The summed E-state index contributed by atoms with van der Waals surface area (Å²) in [5.41, 5.74) is 2.57. The molecule has 2 atom stereocenters. The van der Waals surface area contributed by atoms with Crippen LogP contribution in [0.3, 0.4) is 0 Å². The van der Waals surface area contributed by atoms with Gasteiger partial charge in [0, 0.05) is 26.1 Å². The Morgan fingerprint density at radius 3 is 2.45 bits per heavy atom. The van der Waals surface area contributed by atoms with Crippen LogP contribution in [0.25, 0.3) is 0 Å². The topological polar surface area (TPSA) is 40.5 Å². The number of aliphatic hydroxyl groups excluding tert-OH is 1. The Bertz CT molecular complexity index is 481. The van der Waals surface area contributed by atoms with E-state index in [1.54, 1.807) is 0 Å². The summed E-state index contributed by atoms with van der Waals surface area (Å²) in [6, 6.07) is 8.65. The van der Waals surface area contributed by atoms with Crippen molar-refractivity contribution in [3.63, 3.8) is 0 Å². The van der Waals surface area contributed by atoms with Crippen molar-refractivity contribution < 1.29 is 9.90 Å². The Morgan fingerprint density at radius 1 is 1.23 bits per heavy atom. The first kappa shape index (κ1) is 17.0. The molecule has 122 valence electrons. The highest BCUT2D eigenvalue weighted by Crippen LogP contribution is 2.24. The predicted molar refractivity (Wildman–Crippen MR) is 90.0 cm³/mol. The molecule has 1 fully saturated rings. The van der Waals surface area contributed by atoms with Gasteiger partial charge in [0.1, 0.15) is 0 Å². The summed E-state index contributed by atoms with van der Waals surface area (Å²) in [4.78, 5) is 14.4. The van der Waals surface area contributed by atoms with Crippen molar-refractivity contribution in [1.82, 2.24) is 4.90 Å². The molecule has 3 nitrogen and oxygen atoms in total. The Kier molecular flexibility index (Phi) is 6.01. The second-order valence-corrected chi connectivity index (χ2v) is 6.96. The van der Waals surface area contributed by atoms with Crippen LogP contribution >= 0.6 is 0 Å². The molecule has 22 heavy (non-hydrogen) atoms. The van der Waals surface area contributed by atoms with Gasteiger partial charge in [0.25, 0.3) is 0 Å². The van der Waals surface area contributed by atoms with E-state index in [-0.39, 0.29) is 24.3 Å². The zero-order chi connectivity index (χ0) is 16.1. The molecule has 1 N–H and O–H groups in total. The van der Waals surface area contributed by atoms with Crippen molar-refractivity contribution in [2.24, 2.45) is 5.92 Å².